The molecule has 0 bridgehead atoms. The lowest BCUT2D eigenvalue weighted by Crippen LogP contribution is -2.39. The minimum absolute atomic E-state index is 0.303. The van der Waals surface area contributed by atoms with Crippen LogP contribution in [0.4, 0.5) is 0 Å². The topological polar surface area (TPSA) is 82.3 Å². The van der Waals surface area contributed by atoms with Gasteiger partial charge in [0, 0.05) is 11.1 Å². The average molecular weight is 674 g/mol. The summed E-state index contributed by atoms with van der Waals surface area (Å²) in [5.74, 6) is 0.165. The van der Waals surface area contributed by atoms with Crippen molar-refractivity contribution in [1.29, 1.82) is 0 Å². The zero-order valence-corrected chi connectivity index (χ0v) is 29.2. The Morgan fingerprint density at radius 1 is 0.706 bits per heavy atom. The van der Waals surface area contributed by atoms with Gasteiger partial charge in [0.1, 0.15) is 18.3 Å². The number of hydrogen-bond acceptors (Lipinski definition) is 6. The Kier molecular flexibility index (Phi) is 9.51. The Bertz CT molecular complexity index is 2080. The van der Waals surface area contributed by atoms with Crippen molar-refractivity contribution in [2.24, 2.45) is 5.10 Å². The Morgan fingerprint density at radius 3 is 1.78 bits per heavy atom. The van der Waals surface area contributed by atoms with E-state index in [-0.39, 0.29) is 5.97 Å². The summed E-state index contributed by atoms with van der Waals surface area (Å²) in [5.41, 5.74) is 7.29. The number of ether oxygens (including phenoxy) is 1. The van der Waals surface area contributed by atoms with Crippen LogP contribution < -0.4 is 0 Å². The van der Waals surface area contributed by atoms with E-state index in [1.54, 1.807) is 11.0 Å². The largest absolute Gasteiger partial charge is 0.462 e. The second-order valence-corrected chi connectivity index (χ2v) is 12.8. The molecule has 1 aliphatic heterocycles. The Balaban J connectivity index is 1.32. The average Bonchev–Trinajstić information content (AvgIpc) is 3.81. The zero-order chi connectivity index (χ0) is 35.3. The smallest absolute Gasteiger partial charge is 0.346 e. The van der Waals surface area contributed by atoms with Crippen LogP contribution in [0.25, 0.3) is 28.2 Å². The van der Waals surface area contributed by atoms with Crippen molar-refractivity contribution in [3.63, 3.8) is 0 Å². The highest BCUT2D eigenvalue weighted by molar-refractivity contribution is 6.16. The molecule has 6 aromatic rings. The van der Waals surface area contributed by atoms with Crippen molar-refractivity contribution in [1.82, 2.24) is 20.2 Å². The molecule has 51 heavy (non-hydrogen) atoms. The number of tetrazole rings is 1. The van der Waals surface area contributed by atoms with Crippen LogP contribution in [0.2, 0.25) is 0 Å². The molecule has 1 aromatic heterocycles. The van der Waals surface area contributed by atoms with Crippen LogP contribution >= 0.6 is 0 Å². The van der Waals surface area contributed by atoms with E-state index in [1.807, 2.05) is 86.8 Å². The van der Waals surface area contributed by atoms with Gasteiger partial charge in [0.25, 0.3) is 0 Å². The van der Waals surface area contributed by atoms with E-state index >= 15 is 0 Å². The van der Waals surface area contributed by atoms with Gasteiger partial charge < -0.3 is 4.74 Å². The normalized spacial score (nSPS) is 15.7. The highest BCUT2D eigenvalue weighted by atomic mass is 16.5. The number of hydrogen-bond donors (Lipinski definition) is 0. The van der Waals surface area contributed by atoms with Gasteiger partial charge in [0.05, 0.1) is 13.7 Å². The first kappa shape index (κ1) is 33.5. The maximum atomic E-state index is 13.0. The lowest BCUT2D eigenvalue weighted by Gasteiger charge is -2.34. The summed E-state index contributed by atoms with van der Waals surface area (Å²) < 4.78 is 5.73. The third-order valence-corrected chi connectivity index (χ3v) is 9.55. The van der Waals surface area contributed by atoms with Crippen molar-refractivity contribution in [2.75, 3.05) is 20.2 Å². The molecule has 1 atom stereocenters. The fourth-order valence-electron chi connectivity index (χ4n) is 7.08. The Labute approximate surface area is 298 Å². The molecule has 8 nitrogen and oxygen atoms in total. The highest BCUT2D eigenvalue weighted by Crippen LogP contribution is 2.41. The van der Waals surface area contributed by atoms with E-state index in [9.17, 15) is 4.79 Å². The lowest BCUT2D eigenvalue weighted by atomic mass is 9.77. The summed E-state index contributed by atoms with van der Waals surface area (Å²) in [6.45, 7) is 5.07. The van der Waals surface area contributed by atoms with Crippen LogP contribution in [-0.2, 0) is 15.1 Å². The van der Waals surface area contributed by atoms with Crippen molar-refractivity contribution < 1.29 is 14.1 Å². The van der Waals surface area contributed by atoms with Gasteiger partial charge in [-0.25, -0.2) is 4.79 Å². The maximum Gasteiger partial charge on any atom is 0.346 e. The van der Waals surface area contributed by atoms with E-state index < -0.39 is 5.54 Å². The number of unbranched alkanes of at least 4 members (excludes halogenated alkanes) is 1. The van der Waals surface area contributed by atoms with Crippen molar-refractivity contribution >= 4 is 17.9 Å². The number of carbonyl (C=O) groups excluding carboxylic acids is 1. The number of benzene rings is 5. The summed E-state index contributed by atoms with van der Waals surface area (Å²) in [5, 5.41) is 19.4. The minimum atomic E-state index is -0.873. The molecular formula is C43H41N6O2+. The molecule has 0 fully saturated rings. The first-order valence-electron chi connectivity index (χ1n) is 17.5. The predicted molar refractivity (Wildman–Crippen MR) is 201 cm³/mol. The summed E-state index contributed by atoms with van der Waals surface area (Å²) in [6.07, 6.45) is 3.68. The van der Waals surface area contributed by atoms with Gasteiger partial charge in [0.2, 0.25) is 5.82 Å². The molecule has 0 spiro atoms. The van der Waals surface area contributed by atoms with Gasteiger partial charge in [-0.05, 0) is 58.5 Å². The first-order valence-corrected chi connectivity index (χ1v) is 17.5. The molecule has 0 radical (unpaired) electrons. The zero-order valence-electron chi connectivity index (χ0n) is 29.2. The number of esters is 1. The second-order valence-electron chi connectivity index (χ2n) is 12.8. The fraction of sp³-hybridized carbons (Fsp3) is 0.186. The fourth-order valence-corrected chi connectivity index (χ4v) is 7.08. The van der Waals surface area contributed by atoms with Gasteiger partial charge in [0.15, 0.2) is 11.2 Å². The SMILES string of the molecule is CCCC[N+]1(C)N=CC(C(=O)OCC)=C1c1ccc(-c2ccccc2-c2nnn(C(c3ccccc3)(c3ccccc3)c3ccccc3)n2)cc1. The summed E-state index contributed by atoms with van der Waals surface area (Å²) >= 11 is 0. The molecule has 1 unspecified atom stereocenters. The Morgan fingerprint density at radius 2 is 1.24 bits per heavy atom. The predicted octanol–water partition coefficient (Wildman–Crippen LogP) is 8.37. The van der Waals surface area contributed by atoms with Crippen LogP contribution in [0.1, 0.15) is 48.9 Å². The molecule has 8 heteroatoms. The van der Waals surface area contributed by atoms with Crippen LogP contribution in [0.5, 0.6) is 0 Å². The van der Waals surface area contributed by atoms with Gasteiger partial charge in [-0.1, -0.05) is 146 Å². The number of quaternary nitrogens is 1. The monoisotopic (exact) mass is 673 g/mol. The van der Waals surface area contributed by atoms with E-state index in [0.29, 0.717) is 22.6 Å². The number of aromatic nitrogens is 4. The van der Waals surface area contributed by atoms with Gasteiger partial charge in [-0.3, -0.25) is 0 Å². The first-order chi connectivity index (χ1) is 25.0. The molecule has 0 N–H and O–H groups in total. The van der Waals surface area contributed by atoms with Crippen LogP contribution in [0, 0.1) is 0 Å². The Hall–Kier alpha value is -5.99. The van der Waals surface area contributed by atoms with E-state index in [1.165, 1.54) is 0 Å². The molecule has 2 heterocycles. The molecule has 5 aromatic carbocycles. The van der Waals surface area contributed by atoms with Crippen molar-refractivity contribution in [3.05, 3.63) is 167 Å². The quantitative estimate of drug-likeness (QED) is 0.0741. The molecule has 254 valence electrons. The van der Waals surface area contributed by atoms with Gasteiger partial charge in [-0.2, -0.15) is 4.59 Å². The number of nitrogens with zero attached hydrogens (tertiary/aromatic N) is 6. The maximum absolute atomic E-state index is 13.0. The summed E-state index contributed by atoms with van der Waals surface area (Å²) in [6, 6.07) is 47.4. The van der Waals surface area contributed by atoms with Crippen LogP contribution in [0.15, 0.2) is 150 Å². The van der Waals surface area contributed by atoms with Crippen LogP contribution in [0.3, 0.4) is 0 Å². The van der Waals surface area contributed by atoms with E-state index in [0.717, 1.165) is 64.0 Å². The summed E-state index contributed by atoms with van der Waals surface area (Å²) in [7, 11) is 2.05. The van der Waals surface area contributed by atoms with E-state index in [4.69, 9.17) is 25.2 Å². The molecule has 7 rings (SSSR count). The van der Waals surface area contributed by atoms with Crippen molar-refractivity contribution in [2.45, 2.75) is 32.2 Å². The molecule has 1 aliphatic rings. The van der Waals surface area contributed by atoms with Gasteiger partial charge >= 0.3 is 5.97 Å². The molecule has 0 saturated heterocycles. The third kappa shape index (κ3) is 6.19. The third-order valence-electron chi connectivity index (χ3n) is 9.55. The molecule has 0 aliphatic carbocycles. The second kappa shape index (κ2) is 14.5. The highest BCUT2D eigenvalue weighted by Gasteiger charge is 2.42. The van der Waals surface area contributed by atoms with Crippen LogP contribution in [-0.4, -0.2) is 57.2 Å². The number of rotatable bonds is 12. The van der Waals surface area contributed by atoms with Gasteiger partial charge in [-0.15, -0.1) is 15.0 Å². The summed E-state index contributed by atoms with van der Waals surface area (Å²) in [4.78, 5) is 14.8. The molecule has 0 amide bonds. The standard InChI is InChI=1S/C43H41N6O2/c1-4-6-30-49(3)40(39(31-44-49)42(50)51-5-2)33-28-26-32(27-29-33)37-24-16-17-25-38(37)41-45-47-48(46-41)43(34-18-10-7-11-19-34,35-20-12-8-13-21-35)36-22-14-9-15-23-36/h7-29,31H,4-6,30H2,1-3H3/q+1. The van der Waals surface area contributed by atoms with Crippen molar-refractivity contribution in [3.8, 4) is 22.5 Å². The lowest BCUT2D eigenvalue weighted by molar-refractivity contribution is -0.844. The molecular weight excluding hydrogens is 633 g/mol. The molecule has 0 saturated carbocycles. The minimum Gasteiger partial charge on any atom is -0.462 e. The van der Waals surface area contributed by atoms with E-state index in [2.05, 4.69) is 73.7 Å². The number of carbonyl (C=O) groups is 1.